The third-order valence-electron chi connectivity index (χ3n) is 6.46. The van der Waals surface area contributed by atoms with Crippen LogP contribution in [-0.4, -0.2) is 54.4 Å². The first kappa shape index (κ1) is 26.0. The summed E-state index contributed by atoms with van der Waals surface area (Å²) in [4.78, 5) is 38.8. The Hall–Kier alpha value is -2.59. The van der Waals surface area contributed by atoms with E-state index >= 15 is 4.39 Å². The summed E-state index contributed by atoms with van der Waals surface area (Å²) in [7, 11) is 1.46. The van der Waals surface area contributed by atoms with Gasteiger partial charge in [-0.3, -0.25) is 19.8 Å². The minimum atomic E-state index is -1.69. The van der Waals surface area contributed by atoms with Crippen molar-refractivity contribution in [3.05, 3.63) is 73.5 Å². The van der Waals surface area contributed by atoms with Crippen molar-refractivity contribution in [1.82, 2.24) is 4.90 Å². The number of nitro groups is 1. The van der Waals surface area contributed by atoms with E-state index in [4.69, 9.17) is 27.9 Å². The van der Waals surface area contributed by atoms with Crippen LogP contribution >= 0.6 is 23.2 Å². The first-order valence-corrected chi connectivity index (χ1v) is 10.9. The summed E-state index contributed by atoms with van der Waals surface area (Å²) in [6, 6.07) is 6.43. The SMILES string of the molecule is C.COCCN1[C@@H](CC=O)[C@@H]([N+](=O)[O-])[C@H](c2cccc(Cl)c2F)[C@]12C(=O)Nc1cc(Cl)ccc12. The van der Waals surface area contributed by atoms with Gasteiger partial charge in [-0.25, -0.2) is 4.39 Å². The Balaban J connectivity index is 0.00000324. The Morgan fingerprint density at radius 1 is 1.32 bits per heavy atom. The van der Waals surface area contributed by atoms with Gasteiger partial charge in [0.05, 0.1) is 23.6 Å². The summed E-state index contributed by atoms with van der Waals surface area (Å²) in [5, 5.41) is 15.3. The van der Waals surface area contributed by atoms with E-state index in [1.165, 1.54) is 31.4 Å². The highest BCUT2D eigenvalue weighted by atomic mass is 35.5. The maximum absolute atomic E-state index is 15.4. The molecule has 2 aliphatic heterocycles. The van der Waals surface area contributed by atoms with Crippen LogP contribution in [0.25, 0.3) is 0 Å². The second kappa shape index (κ2) is 9.95. The Kier molecular flexibility index (Phi) is 7.62. The topological polar surface area (TPSA) is 102 Å². The van der Waals surface area contributed by atoms with E-state index in [0.717, 1.165) is 0 Å². The number of carbonyl (C=O) groups is 2. The van der Waals surface area contributed by atoms with Crippen molar-refractivity contribution >= 4 is 41.1 Å². The number of hydrogen-bond acceptors (Lipinski definition) is 6. The van der Waals surface area contributed by atoms with E-state index < -0.39 is 40.2 Å². The molecule has 8 nitrogen and oxygen atoms in total. The molecule has 1 fully saturated rings. The lowest BCUT2D eigenvalue weighted by atomic mass is 9.73. The first-order valence-electron chi connectivity index (χ1n) is 10.2. The lowest BCUT2D eigenvalue weighted by Crippen LogP contribution is -2.53. The molecule has 0 saturated carbocycles. The number of anilines is 1. The van der Waals surface area contributed by atoms with Gasteiger partial charge in [0, 0.05) is 46.8 Å². The summed E-state index contributed by atoms with van der Waals surface area (Å²) < 4.78 is 20.6. The van der Waals surface area contributed by atoms with Crippen LogP contribution in [0.4, 0.5) is 10.1 Å². The fourth-order valence-electron chi connectivity index (χ4n) is 5.31. The number of fused-ring (bicyclic) bond motifs is 2. The minimum absolute atomic E-state index is 0. The smallest absolute Gasteiger partial charge is 0.250 e. The standard InChI is InChI=1S/C22H20Cl2FN3O5.CH4/c1-33-10-8-27-17(7-9-29)20(28(31)32)18(13-3-2-4-15(24)19(13)25)22(27)14-6-5-12(23)11-16(14)26-21(22)30;/h2-6,9,11,17-18,20H,7-8,10H2,1H3,(H,26,30);1H4/t17-,18-,20+,22+;/m0./s1. The summed E-state index contributed by atoms with van der Waals surface area (Å²) in [5.41, 5.74) is -0.971. The van der Waals surface area contributed by atoms with Gasteiger partial charge in [0.1, 0.15) is 17.6 Å². The van der Waals surface area contributed by atoms with Gasteiger partial charge in [0.25, 0.3) is 5.91 Å². The quantitative estimate of drug-likeness (QED) is 0.338. The number of hydrogen-bond donors (Lipinski definition) is 1. The molecule has 2 heterocycles. The summed E-state index contributed by atoms with van der Waals surface area (Å²) in [6.07, 6.45) is 0.340. The molecule has 0 aromatic heterocycles. The molecule has 11 heteroatoms. The highest BCUT2D eigenvalue weighted by molar-refractivity contribution is 6.31. The number of carbonyl (C=O) groups excluding carboxylic acids is 2. The number of benzene rings is 2. The van der Waals surface area contributed by atoms with Crippen LogP contribution in [0, 0.1) is 15.9 Å². The third kappa shape index (κ3) is 3.76. The Morgan fingerprint density at radius 2 is 2.06 bits per heavy atom. The zero-order chi connectivity index (χ0) is 23.9. The molecule has 2 aliphatic rings. The number of likely N-dealkylation sites (tertiary alicyclic amines) is 1. The van der Waals surface area contributed by atoms with Gasteiger partial charge < -0.3 is 14.8 Å². The van der Waals surface area contributed by atoms with Crippen molar-refractivity contribution in [2.45, 2.75) is 37.4 Å². The average Bonchev–Trinajstić information content (AvgIpc) is 3.21. The second-order valence-electron chi connectivity index (χ2n) is 7.96. The highest BCUT2D eigenvalue weighted by Gasteiger charge is 2.71. The van der Waals surface area contributed by atoms with E-state index in [9.17, 15) is 19.7 Å². The molecule has 4 atom stereocenters. The fraction of sp³-hybridized carbons (Fsp3) is 0.391. The van der Waals surface area contributed by atoms with Crippen molar-refractivity contribution in [1.29, 1.82) is 0 Å². The van der Waals surface area contributed by atoms with Crippen LogP contribution in [0.2, 0.25) is 10.0 Å². The molecule has 0 bridgehead atoms. The normalized spacial score (nSPS) is 25.6. The molecule has 0 radical (unpaired) electrons. The first-order chi connectivity index (χ1) is 15.8. The molecule has 2 aromatic rings. The van der Waals surface area contributed by atoms with Crippen molar-refractivity contribution in [2.24, 2.45) is 0 Å². The fourth-order valence-corrected chi connectivity index (χ4v) is 5.66. The minimum Gasteiger partial charge on any atom is -0.383 e. The van der Waals surface area contributed by atoms with Gasteiger partial charge in [-0.2, -0.15) is 0 Å². The van der Waals surface area contributed by atoms with E-state index in [1.807, 2.05) is 0 Å². The lowest BCUT2D eigenvalue weighted by molar-refractivity contribution is -0.528. The van der Waals surface area contributed by atoms with E-state index in [1.54, 1.807) is 17.0 Å². The zero-order valence-electron chi connectivity index (χ0n) is 17.5. The number of halogens is 3. The van der Waals surface area contributed by atoms with Crippen molar-refractivity contribution in [3.8, 4) is 0 Å². The number of nitrogens with one attached hydrogen (secondary N) is 1. The maximum atomic E-state index is 15.4. The van der Waals surface area contributed by atoms with Crippen LogP contribution in [0.15, 0.2) is 36.4 Å². The van der Waals surface area contributed by atoms with Gasteiger partial charge in [0.15, 0.2) is 0 Å². The summed E-state index contributed by atoms with van der Waals surface area (Å²) in [5.74, 6) is -2.69. The van der Waals surface area contributed by atoms with Crippen LogP contribution in [-0.2, 0) is 19.9 Å². The van der Waals surface area contributed by atoms with E-state index in [2.05, 4.69) is 5.32 Å². The highest BCUT2D eigenvalue weighted by Crippen LogP contribution is 2.58. The van der Waals surface area contributed by atoms with Crippen molar-refractivity contribution < 1.29 is 23.6 Å². The number of rotatable bonds is 7. The van der Waals surface area contributed by atoms with Gasteiger partial charge in [-0.1, -0.05) is 48.8 Å². The lowest BCUT2D eigenvalue weighted by Gasteiger charge is -2.38. The summed E-state index contributed by atoms with van der Waals surface area (Å²) >= 11 is 12.2. The Labute approximate surface area is 206 Å². The van der Waals surface area contributed by atoms with Crippen LogP contribution in [0.5, 0.6) is 0 Å². The molecule has 2 aromatic carbocycles. The third-order valence-corrected chi connectivity index (χ3v) is 6.99. The second-order valence-corrected chi connectivity index (χ2v) is 8.81. The van der Waals surface area contributed by atoms with Crippen LogP contribution in [0.1, 0.15) is 30.9 Å². The predicted molar refractivity (Wildman–Crippen MR) is 126 cm³/mol. The molecule has 1 spiro atoms. The average molecular weight is 512 g/mol. The number of methoxy groups -OCH3 is 1. The molecule has 0 unspecified atom stereocenters. The van der Waals surface area contributed by atoms with E-state index in [0.29, 0.717) is 22.6 Å². The van der Waals surface area contributed by atoms with Gasteiger partial charge in [-0.15, -0.1) is 0 Å². The molecule has 4 rings (SSSR count). The monoisotopic (exact) mass is 511 g/mol. The molecular formula is C23H24Cl2FN3O5. The van der Waals surface area contributed by atoms with Gasteiger partial charge >= 0.3 is 0 Å². The number of amides is 1. The molecule has 1 N–H and O–H groups in total. The molecule has 34 heavy (non-hydrogen) atoms. The molecule has 182 valence electrons. The van der Waals surface area contributed by atoms with E-state index in [-0.39, 0.29) is 37.6 Å². The van der Waals surface area contributed by atoms with Crippen molar-refractivity contribution in [2.75, 3.05) is 25.6 Å². The zero-order valence-corrected chi connectivity index (χ0v) is 19.0. The number of nitrogens with zero attached hydrogens (tertiary/aromatic N) is 2. The van der Waals surface area contributed by atoms with Crippen molar-refractivity contribution in [3.63, 3.8) is 0 Å². The Bertz CT molecular complexity index is 1130. The van der Waals surface area contributed by atoms with Gasteiger partial charge in [0.2, 0.25) is 6.04 Å². The molecule has 1 amide bonds. The molecular weight excluding hydrogens is 488 g/mol. The largest absolute Gasteiger partial charge is 0.383 e. The molecule has 1 saturated heterocycles. The van der Waals surface area contributed by atoms with Crippen LogP contribution in [0.3, 0.4) is 0 Å². The van der Waals surface area contributed by atoms with Gasteiger partial charge in [-0.05, 0) is 18.2 Å². The number of ether oxygens (including phenoxy) is 1. The Morgan fingerprint density at radius 3 is 2.71 bits per heavy atom. The number of aldehydes is 1. The maximum Gasteiger partial charge on any atom is 0.250 e. The van der Waals surface area contributed by atoms with Crippen LogP contribution < -0.4 is 5.32 Å². The predicted octanol–water partition coefficient (Wildman–Crippen LogP) is 4.26. The molecule has 0 aliphatic carbocycles. The summed E-state index contributed by atoms with van der Waals surface area (Å²) in [6.45, 7) is 0.218.